The number of halogens is 3. The Morgan fingerprint density at radius 3 is 2.32 bits per heavy atom. The zero-order valence-corrected chi connectivity index (χ0v) is 17.4. The number of hydrogen-bond acceptors (Lipinski definition) is 7. The highest BCUT2D eigenvalue weighted by Crippen LogP contribution is 2.49. The fourth-order valence-corrected chi connectivity index (χ4v) is 4.24. The van der Waals surface area contributed by atoms with E-state index in [2.05, 4.69) is 5.32 Å². The number of benzene rings is 1. The van der Waals surface area contributed by atoms with Gasteiger partial charge in [0.25, 0.3) is 0 Å². The molecule has 2 amide bonds. The van der Waals surface area contributed by atoms with Crippen molar-refractivity contribution in [3.63, 3.8) is 0 Å². The molecule has 0 aliphatic carbocycles. The molecule has 1 aliphatic rings. The highest BCUT2D eigenvalue weighted by atomic mass is 32.1. The summed E-state index contributed by atoms with van der Waals surface area (Å²) < 4.78 is 57.7. The lowest BCUT2D eigenvalue weighted by Crippen LogP contribution is -2.72. The molecular formula is C19H19F3N2O6S. The highest BCUT2D eigenvalue weighted by Gasteiger charge is 2.66. The zero-order valence-electron chi connectivity index (χ0n) is 16.6. The van der Waals surface area contributed by atoms with Crippen molar-refractivity contribution in [2.24, 2.45) is 5.92 Å². The van der Waals surface area contributed by atoms with E-state index in [1.165, 1.54) is 56.3 Å². The van der Waals surface area contributed by atoms with Crippen molar-refractivity contribution < 1.29 is 42.1 Å². The van der Waals surface area contributed by atoms with Gasteiger partial charge in [-0.3, -0.25) is 4.79 Å². The van der Waals surface area contributed by atoms with Crippen LogP contribution in [-0.2, 0) is 0 Å². The van der Waals surface area contributed by atoms with Crippen molar-refractivity contribution in [2.45, 2.75) is 17.9 Å². The lowest BCUT2D eigenvalue weighted by atomic mass is 9.78. The Kier molecular flexibility index (Phi) is 6.05. The minimum Gasteiger partial charge on any atom is -0.493 e. The number of thiophene rings is 1. The lowest BCUT2D eigenvalue weighted by molar-refractivity contribution is -0.287. The normalized spacial score (nSPS) is 23.5. The van der Waals surface area contributed by atoms with Crippen molar-refractivity contribution in [3.05, 3.63) is 40.1 Å². The number of nitrogens with one attached hydrogen (secondary N) is 2. The average Bonchev–Trinajstić information content (AvgIpc) is 3.25. The monoisotopic (exact) mass is 460 g/mol. The Balaban J connectivity index is 2.26. The van der Waals surface area contributed by atoms with E-state index in [1.807, 2.05) is 0 Å². The molecule has 0 unspecified atom stereocenters. The minimum atomic E-state index is -5.36. The number of Topliss-reactive ketones (excluding diaryl/α,β-unsaturated/α-hetero) is 1. The van der Waals surface area contributed by atoms with Crippen molar-refractivity contribution in [2.75, 3.05) is 21.3 Å². The fourth-order valence-electron chi connectivity index (χ4n) is 3.54. The standard InChI is InChI=1S/C19H19F3N2O6S/c1-28-10-7-6-9(15(29-2)16(10)30-3)13-12(14(25)11-5-4-8-31-11)18(27,19(20,21)22)24-17(26)23-13/h4-8,12-13,27H,1-3H3,(H2,23,24,26)/t12-,13-,18+/m0/s1. The number of hydrogen-bond donors (Lipinski definition) is 3. The topological polar surface area (TPSA) is 106 Å². The summed E-state index contributed by atoms with van der Waals surface area (Å²) in [5.41, 5.74) is -3.84. The van der Waals surface area contributed by atoms with Crippen molar-refractivity contribution in [1.82, 2.24) is 10.6 Å². The second-order valence-electron chi connectivity index (χ2n) is 6.58. The molecule has 3 atom stereocenters. The van der Waals surface area contributed by atoms with E-state index in [-0.39, 0.29) is 27.7 Å². The van der Waals surface area contributed by atoms with Crippen LogP contribution in [0.25, 0.3) is 0 Å². The number of carbonyl (C=O) groups excluding carboxylic acids is 2. The molecule has 1 aromatic carbocycles. The van der Waals surface area contributed by atoms with Gasteiger partial charge in [-0.25, -0.2) is 4.79 Å². The molecule has 12 heteroatoms. The first-order chi connectivity index (χ1) is 14.6. The van der Waals surface area contributed by atoms with Crippen LogP contribution in [-0.4, -0.2) is 50.2 Å². The Hall–Kier alpha value is -2.99. The van der Waals surface area contributed by atoms with Crippen LogP contribution in [0, 0.1) is 5.92 Å². The van der Waals surface area contributed by atoms with E-state index in [1.54, 1.807) is 0 Å². The predicted molar refractivity (Wildman–Crippen MR) is 104 cm³/mol. The summed E-state index contributed by atoms with van der Waals surface area (Å²) in [5, 5.41) is 15.9. The first-order valence-corrected chi connectivity index (χ1v) is 9.71. The number of rotatable bonds is 6. The van der Waals surface area contributed by atoms with E-state index < -0.39 is 35.7 Å². The van der Waals surface area contributed by atoms with Crippen molar-refractivity contribution in [1.29, 1.82) is 0 Å². The van der Waals surface area contributed by atoms with E-state index in [4.69, 9.17) is 14.2 Å². The number of alkyl halides is 3. The Morgan fingerprint density at radius 1 is 1.13 bits per heavy atom. The second-order valence-corrected chi connectivity index (χ2v) is 7.53. The van der Waals surface area contributed by atoms with Gasteiger partial charge in [0, 0.05) is 5.56 Å². The zero-order chi connectivity index (χ0) is 23.0. The lowest BCUT2D eigenvalue weighted by Gasteiger charge is -2.45. The summed E-state index contributed by atoms with van der Waals surface area (Å²) in [7, 11) is 3.90. The molecule has 3 rings (SSSR count). The van der Waals surface area contributed by atoms with Crippen LogP contribution < -0.4 is 24.8 Å². The number of ketones is 1. The molecule has 0 bridgehead atoms. The summed E-state index contributed by atoms with van der Waals surface area (Å²) in [6, 6.07) is 2.64. The first-order valence-electron chi connectivity index (χ1n) is 8.83. The molecule has 0 saturated carbocycles. The maximum atomic E-state index is 14.0. The molecule has 1 aliphatic heterocycles. The summed E-state index contributed by atoms with van der Waals surface area (Å²) in [5.74, 6) is -2.97. The third-order valence-electron chi connectivity index (χ3n) is 4.92. The molecule has 1 saturated heterocycles. The molecule has 168 valence electrons. The molecule has 3 N–H and O–H groups in total. The van der Waals surface area contributed by atoms with Gasteiger partial charge in [-0.05, 0) is 23.6 Å². The van der Waals surface area contributed by atoms with E-state index in [9.17, 15) is 27.9 Å². The first kappa shape index (κ1) is 22.7. The van der Waals surface area contributed by atoms with Crippen molar-refractivity contribution in [3.8, 4) is 17.2 Å². The van der Waals surface area contributed by atoms with E-state index in [0.29, 0.717) is 0 Å². The van der Waals surface area contributed by atoms with Gasteiger partial charge in [0.15, 0.2) is 17.3 Å². The fraction of sp³-hybridized carbons (Fsp3) is 0.368. The molecular weight excluding hydrogens is 441 g/mol. The van der Waals surface area contributed by atoms with Gasteiger partial charge in [0.1, 0.15) is 5.92 Å². The number of amides is 2. The molecule has 0 radical (unpaired) electrons. The van der Waals surface area contributed by atoms with Crippen LogP contribution >= 0.6 is 11.3 Å². The molecule has 1 aromatic heterocycles. The molecule has 8 nitrogen and oxygen atoms in total. The number of urea groups is 1. The maximum absolute atomic E-state index is 14.0. The van der Waals surface area contributed by atoms with Gasteiger partial charge in [0.05, 0.1) is 32.2 Å². The SMILES string of the molecule is COc1ccc([C@@H]2NC(=O)N[C@](O)(C(F)(F)F)[C@@H]2C(=O)c2cccs2)c(OC)c1OC. The number of methoxy groups -OCH3 is 3. The van der Waals surface area contributed by atoms with E-state index in [0.717, 1.165) is 11.3 Å². The third-order valence-corrected chi connectivity index (χ3v) is 5.81. The smallest absolute Gasteiger partial charge is 0.437 e. The summed E-state index contributed by atoms with van der Waals surface area (Å²) in [6.07, 6.45) is -5.36. The quantitative estimate of drug-likeness (QED) is 0.573. The van der Waals surface area contributed by atoms with Gasteiger partial charge in [0.2, 0.25) is 11.5 Å². The number of aliphatic hydroxyl groups is 1. The van der Waals surface area contributed by atoms with E-state index >= 15 is 0 Å². The van der Waals surface area contributed by atoms with Gasteiger partial charge < -0.3 is 30.0 Å². The predicted octanol–water partition coefficient (Wildman–Crippen LogP) is 2.88. The van der Waals surface area contributed by atoms with Crippen LogP contribution in [0.2, 0.25) is 0 Å². The Bertz CT molecular complexity index is 982. The third kappa shape index (κ3) is 3.76. The number of carbonyl (C=O) groups is 2. The summed E-state index contributed by atoms with van der Waals surface area (Å²) in [6.45, 7) is 0. The van der Waals surface area contributed by atoms with Crippen LogP contribution in [0.4, 0.5) is 18.0 Å². The van der Waals surface area contributed by atoms with Crippen LogP contribution in [0.5, 0.6) is 17.2 Å². The molecule has 2 aromatic rings. The van der Waals surface area contributed by atoms with Gasteiger partial charge in [-0.15, -0.1) is 11.3 Å². The minimum absolute atomic E-state index is 0.00687. The number of ether oxygens (including phenoxy) is 3. The largest absolute Gasteiger partial charge is 0.493 e. The van der Waals surface area contributed by atoms with Gasteiger partial charge >= 0.3 is 12.2 Å². The summed E-state index contributed by atoms with van der Waals surface area (Å²) in [4.78, 5) is 25.3. The molecule has 2 heterocycles. The second kappa shape index (κ2) is 8.27. The van der Waals surface area contributed by atoms with Crippen LogP contribution in [0.1, 0.15) is 21.3 Å². The van der Waals surface area contributed by atoms with Crippen LogP contribution in [0.15, 0.2) is 29.6 Å². The van der Waals surface area contributed by atoms with Gasteiger partial charge in [-0.1, -0.05) is 6.07 Å². The van der Waals surface area contributed by atoms with Crippen molar-refractivity contribution >= 4 is 23.2 Å². The highest BCUT2D eigenvalue weighted by molar-refractivity contribution is 7.12. The molecule has 1 fully saturated rings. The molecule has 0 spiro atoms. The van der Waals surface area contributed by atoms with Crippen LogP contribution in [0.3, 0.4) is 0 Å². The Labute approximate surface area is 178 Å². The Morgan fingerprint density at radius 2 is 1.81 bits per heavy atom. The maximum Gasteiger partial charge on any atom is 0.437 e. The van der Waals surface area contributed by atoms with Gasteiger partial charge in [-0.2, -0.15) is 13.2 Å². The molecule has 31 heavy (non-hydrogen) atoms. The summed E-state index contributed by atoms with van der Waals surface area (Å²) >= 11 is 0.913. The average molecular weight is 460 g/mol.